The molecule has 0 amide bonds. The van der Waals surface area contributed by atoms with Crippen molar-refractivity contribution in [2.45, 2.75) is 199 Å². The number of hydrogen-bond donors (Lipinski definition) is 4. The Hall–Kier alpha value is -1.44. The minimum Gasteiger partial charge on any atom is -0.481 e. The summed E-state index contributed by atoms with van der Waals surface area (Å²) < 4.78 is 33.5. The Morgan fingerprint density at radius 3 is 2.17 bits per heavy atom. The number of hydrogen-bond acceptors (Lipinski definition) is 10. The maximum atomic E-state index is 14.4. The Morgan fingerprint density at radius 1 is 0.887 bits per heavy atom. The highest BCUT2D eigenvalue weighted by atomic mass is 16.8. The van der Waals surface area contributed by atoms with E-state index in [0.717, 1.165) is 6.42 Å². The van der Waals surface area contributed by atoms with Crippen LogP contribution < -0.4 is 0 Å². The first-order valence-corrected chi connectivity index (χ1v) is 20.7. The molecule has 11 nitrogen and oxygen atoms in total. The Bertz CT molecular complexity index is 1320. The number of ketones is 1. The second kappa shape index (κ2) is 16.2. The molecule has 4 saturated heterocycles. The summed E-state index contributed by atoms with van der Waals surface area (Å²) in [7, 11) is 0. The lowest BCUT2D eigenvalue weighted by Gasteiger charge is -2.54. The van der Waals surface area contributed by atoms with Crippen LogP contribution in [0.4, 0.5) is 0 Å². The summed E-state index contributed by atoms with van der Waals surface area (Å²) in [5.74, 6) is -5.78. The highest BCUT2D eigenvalue weighted by Crippen LogP contribution is 2.54. The molecule has 0 radical (unpaired) electrons. The van der Waals surface area contributed by atoms with Gasteiger partial charge in [0, 0.05) is 30.1 Å². The first-order chi connectivity index (χ1) is 24.8. The van der Waals surface area contributed by atoms with Crippen molar-refractivity contribution in [3.63, 3.8) is 0 Å². The van der Waals surface area contributed by atoms with E-state index in [4.69, 9.17) is 23.7 Å². The molecule has 5 rings (SSSR count). The molecule has 0 aromatic heterocycles. The van der Waals surface area contributed by atoms with Crippen LogP contribution in [0.5, 0.6) is 0 Å². The summed E-state index contributed by atoms with van der Waals surface area (Å²) in [5, 5.41) is 44.0. The van der Waals surface area contributed by atoms with Crippen molar-refractivity contribution in [1.82, 2.24) is 0 Å². The second-order valence-corrected chi connectivity index (χ2v) is 17.9. The third kappa shape index (κ3) is 7.94. The van der Waals surface area contributed by atoms with Gasteiger partial charge in [0.15, 0.2) is 5.79 Å². The highest BCUT2D eigenvalue weighted by molar-refractivity contribution is 5.84. The molecule has 0 saturated carbocycles. The van der Waals surface area contributed by atoms with Crippen LogP contribution in [-0.4, -0.2) is 97.7 Å². The predicted octanol–water partition coefficient (Wildman–Crippen LogP) is 6.19. The number of aliphatic hydroxyl groups excluding tert-OH is 2. The molecule has 5 aliphatic rings. The van der Waals surface area contributed by atoms with Crippen molar-refractivity contribution >= 4 is 11.8 Å². The van der Waals surface area contributed by atoms with Gasteiger partial charge in [0.25, 0.3) is 0 Å². The smallest absolute Gasteiger partial charge is 0.309 e. The van der Waals surface area contributed by atoms with Crippen LogP contribution in [0.15, 0.2) is 12.2 Å². The van der Waals surface area contributed by atoms with E-state index in [1.165, 1.54) is 0 Å². The molecule has 5 heterocycles. The van der Waals surface area contributed by atoms with Crippen molar-refractivity contribution in [2.75, 3.05) is 0 Å². The largest absolute Gasteiger partial charge is 0.481 e. The fourth-order valence-electron chi connectivity index (χ4n) is 10.5. The van der Waals surface area contributed by atoms with E-state index in [2.05, 4.69) is 20.8 Å². The van der Waals surface area contributed by atoms with Crippen LogP contribution in [0.1, 0.15) is 133 Å². The Morgan fingerprint density at radius 2 is 1.57 bits per heavy atom. The standard InChI is InChI=1S/C42H70O11/c1-11-29(38(46)47)31-15-14-23(4)36(50-31)27(8)34(44)26(7)35(45)30(12-2)37-24(5)22-25(6)41(51-37)19-16-32(43)42(53-41)21-20-39(10,52-42)33-17-18-40(48,13-3)28(9)49-33/h16,19,23-34,36-37,43-44,48H,11-15,17-18,20-22H2,1-10H3,(H,46,47)/t23-,24-,25+,26-,27-,28-,29+,30-,31?,32+,33?,34+,36?,37?,39-,40+,41-,42-/m0/s1. The second-order valence-electron chi connectivity index (χ2n) is 17.9. The fourth-order valence-corrected chi connectivity index (χ4v) is 10.5. The normalized spacial score (nSPS) is 46.2. The highest BCUT2D eigenvalue weighted by Gasteiger charge is 2.63. The van der Waals surface area contributed by atoms with E-state index >= 15 is 0 Å². The van der Waals surface area contributed by atoms with Gasteiger partial charge in [0.2, 0.25) is 5.79 Å². The van der Waals surface area contributed by atoms with E-state index in [0.29, 0.717) is 57.8 Å². The summed E-state index contributed by atoms with van der Waals surface area (Å²) in [6.45, 7) is 19.6. The van der Waals surface area contributed by atoms with E-state index in [9.17, 15) is 30.0 Å². The first-order valence-electron chi connectivity index (χ1n) is 20.7. The number of Topliss-reactive ketones (excluding diaryl/α,β-unsaturated/α-hetero) is 1. The molecular formula is C42H70O11. The zero-order chi connectivity index (χ0) is 39.3. The van der Waals surface area contributed by atoms with E-state index < -0.39 is 76.8 Å². The Labute approximate surface area is 317 Å². The summed E-state index contributed by atoms with van der Waals surface area (Å²) >= 11 is 0. The van der Waals surface area contributed by atoms with Crippen LogP contribution in [-0.2, 0) is 33.3 Å². The third-order valence-electron chi connectivity index (χ3n) is 14.4. The molecule has 0 aromatic rings. The summed E-state index contributed by atoms with van der Waals surface area (Å²) in [4.78, 5) is 26.4. The molecule has 2 spiro atoms. The maximum absolute atomic E-state index is 14.4. The Kier molecular flexibility index (Phi) is 13.0. The number of carboxylic acids is 1. The average Bonchev–Trinajstić information content (AvgIpc) is 3.47. The van der Waals surface area contributed by atoms with E-state index in [-0.39, 0.29) is 41.8 Å². The lowest BCUT2D eigenvalue weighted by atomic mass is 9.72. The molecule has 53 heavy (non-hydrogen) atoms. The van der Waals surface area contributed by atoms with E-state index in [1.807, 2.05) is 41.5 Å². The number of carbonyl (C=O) groups excluding carboxylic acids is 1. The maximum Gasteiger partial charge on any atom is 0.309 e. The van der Waals surface area contributed by atoms with Gasteiger partial charge in [-0.1, -0.05) is 55.4 Å². The lowest BCUT2D eigenvalue weighted by Crippen LogP contribution is -2.63. The molecule has 11 heteroatoms. The molecule has 0 aliphatic carbocycles. The van der Waals surface area contributed by atoms with Gasteiger partial charge in [-0.2, -0.15) is 0 Å². The minimum atomic E-state index is -1.37. The number of aliphatic carboxylic acids is 1. The van der Waals surface area contributed by atoms with Crippen LogP contribution in [0.25, 0.3) is 0 Å². The zero-order valence-electron chi connectivity index (χ0n) is 34.0. The van der Waals surface area contributed by atoms with E-state index in [1.54, 1.807) is 19.1 Å². The van der Waals surface area contributed by atoms with Crippen LogP contribution in [0.3, 0.4) is 0 Å². The van der Waals surface area contributed by atoms with Crippen molar-refractivity contribution in [1.29, 1.82) is 0 Å². The number of rotatable bonds is 12. The molecule has 4 unspecified atom stereocenters. The monoisotopic (exact) mass is 750 g/mol. The third-order valence-corrected chi connectivity index (χ3v) is 14.4. The van der Waals surface area contributed by atoms with Gasteiger partial charge in [0.1, 0.15) is 11.9 Å². The molecule has 5 aliphatic heterocycles. The summed E-state index contributed by atoms with van der Waals surface area (Å²) in [6, 6.07) is 0. The first kappa shape index (κ1) is 42.7. The van der Waals surface area contributed by atoms with Gasteiger partial charge in [-0.3, -0.25) is 9.59 Å². The van der Waals surface area contributed by atoms with Crippen molar-refractivity contribution in [2.24, 2.45) is 41.4 Å². The van der Waals surface area contributed by atoms with Crippen LogP contribution >= 0.6 is 0 Å². The van der Waals surface area contributed by atoms with Crippen molar-refractivity contribution < 1.29 is 53.7 Å². The van der Waals surface area contributed by atoms with Gasteiger partial charge in [-0.25, -0.2) is 0 Å². The van der Waals surface area contributed by atoms with Gasteiger partial charge in [-0.15, -0.1) is 0 Å². The molecule has 304 valence electrons. The predicted molar refractivity (Wildman–Crippen MR) is 199 cm³/mol. The van der Waals surface area contributed by atoms with Gasteiger partial charge >= 0.3 is 5.97 Å². The summed E-state index contributed by atoms with van der Waals surface area (Å²) in [5.41, 5.74) is -1.63. The number of ether oxygens (including phenoxy) is 5. The van der Waals surface area contributed by atoms with Crippen molar-refractivity contribution in [3.8, 4) is 0 Å². The van der Waals surface area contributed by atoms with Gasteiger partial charge in [-0.05, 0) is 95.6 Å². The van der Waals surface area contributed by atoms with Crippen LogP contribution in [0, 0.1) is 41.4 Å². The molecular weight excluding hydrogens is 680 g/mol. The molecule has 0 aromatic carbocycles. The number of carbonyl (C=O) groups is 2. The van der Waals surface area contributed by atoms with Gasteiger partial charge < -0.3 is 44.1 Å². The summed E-state index contributed by atoms with van der Waals surface area (Å²) in [6.07, 6.45) is 5.51. The zero-order valence-corrected chi connectivity index (χ0v) is 34.0. The van der Waals surface area contributed by atoms with Gasteiger partial charge in [0.05, 0.1) is 53.7 Å². The molecule has 0 bridgehead atoms. The number of carboxylic acid groups (broad SMARTS) is 1. The number of aliphatic hydroxyl groups is 3. The lowest BCUT2D eigenvalue weighted by molar-refractivity contribution is -0.409. The molecule has 4 fully saturated rings. The molecule has 18 atom stereocenters. The SMILES string of the molecule is CC[C@@H](C(=O)O)C1CC[C@H](C)C([C@@H](C)[C@H](O)[C@H](C)C(=O)[C@H](CC)C2O[C@]3(C=C[C@@H](O)[C@]4(CC[C@@](C)(C5CC[C@](O)(CC)[C@H](C)O5)O4)O3)[C@H](C)C[C@@H]2C)O1. The fraction of sp³-hybridized carbons (Fsp3) is 0.905. The van der Waals surface area contributed by atoms with Crippen molar-refractivity contribution in [3.05, 3.63) is 12.2 Å². The Balaban J connectivity index is 1.31. The molecule has 4 N–H and O–H groups in total. The van der Waals surface area contributed by atoms with Crippen LogP contribution in [0.2, 0.25) is 0 Å². The topological polar surface area (TPSA) is 161 Å². The quantitative estimate of drug-likeness (QED) is 0.169. The average molecular weight is 751 g/mol. The minimum absolute atomic E-state index is 0.0137.